The van der Waals surface area contributed by atoms with Gasteiger partial charge < -0.3 is 5.73 Å². The number of anilines is 1. The molecule has 0 fully saturated rings. The van der Waals surface area contributed by atoms with E-state index >= 15 is 0 Å². The van der Waals surface area contributed by atoms with Crippen LogP contribution in [0.15, 0.2) is 36.5 Å². The number of aromatic nitrogens is 2. The number of hydrogen-bond acceptors (Lipinski definition) is 3. The van der Waals surface area contributed by atoms with Crippen LogP contribution in [0.25, 0.3) is 0 Å². The molecule has 15 heavy (non-hydrogen) atoms. The minimum Gasteiger partial charge on any atom is -0.368 e. The molecule has 76 valence electrons. The Labute approximate surface area is 89.0 Å². The van der Waals surface area contributed by atoms with Gasteiger partial charge in [0.05, 0.1) is 5.69 Å². The summed E-state index contributed by atoms with van der Waals surface area (Å²) in [6.45, 7) is 2.00. The Bertz CT molecular complexity index is 452. The molecule has 0 atom stereocenters. The maximum absolute atomic E-state index is 5.56. The molecular weight excluding hydrogens is 186 g/mol. The Balaban J connectivity index is 2.28. The summed E-state index contributed by atoms with van der Waals surface area (Å²) < 4.78 is 0. The highest BCUT2D eigenvalue weighted by molar-refractivity contribution is 5.29. The standard InChI is InChI=1S/C12H13N3/c1-9-8-14-12(13)15-11(9)7-10-5-3-2-4-6-10/h2-6,8H,7H2,1H3,(H2,13,14,15). The Hall–Kier alpha value is -1.90. The van der Waals surface area contributed by atoms with E-state index in [0.29, 0.717) is 5.95 Å². The minimum atomic E-state index is 0.339. The Morgan fingerprint density at radius 3 is 2.67 bits per heavy atom. The molecule has 0 saturated carbocycles. The molecule has 0 spiro atoms. The second-order valence-corrected chi connectivity index (χ2v) is 3.52. The van der Waals surface area contributed by atoms with Gasteiger partial charge in [0.1, 0.15) is 0 Å². The highest BCUT2D eigenvalue weighted by Crippen LogP contribution is 2.11. The van der Waals surface area contributed by atoms with Crippen LogP contribution in [0.1, 0.15) is 16.8 Å². The number of benzene rings is 1. The van der Waals surface area contributed by atoms with E-state index in [1.54, 1.807) is 6.20 Å². The largest absolute Gasteiger partial charge is 0.368 e. The van der Waals surface area contributed by atoms with E-state index in [-0.39, 0.29) is 0 Å². The van der Waals surface area contributed by atoms with Gasteiger partial charge in [-0.05, 0) is 18.1 Å². The second-order valence-electron chi connectivity index (χ2n) is 3.52. The molecule has 0 aliphatic rings. The summed E-state index contributed by atoms with van der Waals surface area (Å²) in [7, 11) is 0. The van der Waals surface area contributed by atoms with Crippen LogP contribution >= 0.6 is 0 Å². The topological polar surface area (TPSA) is 51.8 Å². The molecule has 0 bridgehead atoms. The lowest BCUT2D eigenvalue weighted by molar-refractivity contribution is 1.01. The first-order valence-electron chi connectivity index (χ1n) is 4.87. The van der Waals surface area contributed by atoms with Gasteiger partial charge in [-0.25, -0.2) is 9.97 Å². The predicted molar refractivity (Wildman–Crippen MR) is 60.4 cm³/mol. The zero-order valence-electron chi connectivity index (χ0n) is 8.64. The van der Waals surface area contributed by atoms with Crippen molar-refractivity contribution >= 4 is 5.95 Å². The molecule has 2 aromatic rings. The fourth-order valence-electron chi connectivity index (χ4n) is 1.46. The number of hydrogen-bond donors (Lipinski definition) is 1. The van der Waals surface area contributed by atoms with E-state index < -0.39 is 0 Å². The van der Waals surface area contributed by atoms with Gasteiger partial charge in [-0.3, -0.25) is 0 Å². The molecule has 2 N–H and O–H groups in total. The maximum Gasteiger partial charge on any atom is 0.220 e. The summed E-state index contributed by atoms with van der Waals surface area (Å²) in [5, 5.41) is 0. The number of aryl methyl sites for hydroxylation is 1. The Morgan fingerprint density at radius 1 is 1.20 bits per heavy atom. The zero-order valence-corrected chi connectivity index (χ0v) is 8.64. The van der Waals surface area contributed by atoms with Crippen LogP contribution in [-0.4, -0.2) is 9.97 Å². The average molecular weight is 199 g/mol. The predicted octanol–water partition coefficient (Wildman–Crippen LogP) is 1.96. The van der Waals surface area contributed by atoms with E-state index in [9.17, 15) is 0 Å². The molecule has 0 aliphatic heterocycles. The molecule has 2 rings (SSSR count). The maximum atomic E-state index is 5.56. The smallest absolute Gasteiger partial charge is 0.220 e. The van der Waals surface area contributed by atoms with Crippen LogP contribution in [-0.2, 0) is 6.42 Å². The van der Waals surface area contributed by atoms with Gasteiger partial charge in [-0.2, -0.15) is 0 Å². The van der Waals surface area contributed by atoms with Crippen LogP contribution in [0.3, 0.4) is 0 Å². The Morgan fingerprint density at radius 2 is 1.93 bits per heavy atom. The SMILES string of the molecule is Cc1cnc(N)nc1Cc1ccccc1. The zero-order chi connectivity index (χ0) is 10.7. The van der Waals surface area contributed by atoms with Crippen molar-refractivity contribution in [3.8, 4) is 0 Å². The molecular formula is C12H13N3. The summed E-state index contributed by atoms with van der Waals surface area (Å²) in [4.78, 5) is 8.18. The summed E-state index contributed by atoms with van der Waals surface area (Å²) >= 11 is 0. The fraction of sp³-hybridized carbons (Fsp3) is 0.167. The fourth-order valence-corrected chi connectivity index (χ4v) is 1.46. The van der Waals surface area contributed by atoms with Crippen molar-refractivity contribution in [1.29, 1.82) is 0 Å². The molecule has 1 aromatic heterocycles. The molecule has 0 radical (unpaired) electrons. The highest BCUT2D eigenvalue weighted by Gasteiger charge is 2.02. The lowest BCUT2D eigenvalue weighted by Gasteiger charge is -2.04. The Kier molecular flexibility index (Phi) is 2.63. The second kappa shape index (κ2) is 4.09. The van der Waals surface area contributed by atoms with Crippen LogP contribution < -0.4 is 5.73 Å². The first kappa shape index (κ1) is 9.65. The van der Waals surface area contributed by atoms with Gasteiger partial charge in [-0.15, -0.1) is 0 Å². The van der Waals surface area contributed by atoms with Gasteiger partial charge in [0, 0.05) is 12.6 Å². The van der Waals surface area contributed by atoms with Crippen molar-refractivity contribution in [3.05, 3.63) is 53.3 Å². The van der Waals surface area contributed by atoms with Crippen molar-refractivity contribution in [3.63, 3.8) is 0 Å². The third-order valence-corrected chi connectivity index (χ3v) is 2.31. The van der Waals surface area contributed by atoms with E-state index in [1.165, 1.54) is 5.56 Å². The number of nitrogens with zero attached hydrogens (tertiary/aromatic N) is 2. The highest BCUT2D eigenvalue weighted by atomic mass is 15.0. The monoisotopic (exact) mass is 199 g/mol. The van der Waals surface area contributed by atoms with Crippen LogP contribution in [0.5, 0.6) is 0 Å². The first-order valence-corrected chi connectivity index (χ1v) is 4.87. The summed E-state index contributed by atoms with van der Waals surface area (Å²) in [6, 6.07) is 10.2. The molecule has 0 amide bonds. The van der Waals surface area contributed by atoms with Crippen molar-refractivity contribution in [1.82, 2.24) is 9.97 Å². The average Bonchev–Trinajstić information content (AvgIpc) is 2.25. The van der Waals surface area contributed by atoms with Crippen molar-refractivity contribution < 1.29 is 0 Å². The summed E-state index contributed by atoms with van der Waals surface area (Å²) in [5.41, 5.74) is 8.86. The lowest BCUT2D eigenvalue weighted by atomic mass is 10.1. The van der Waals surface area contributed by atoms with Crippen LogP contribution in [0.4, 0.5) is 5.95 Å². The molecule has 3 heteroatoms. The van der Waals surface area contributed by atoms with Crippen LogP contribution in [0.2, 0.25) is 0 Å². The van der Waals surface area contributed by atoms with Crippen molar-refractivity contribution in [2.75, 3.05) is 5.73 Å². The molecule has 1 heterocycles. The molecule has 3 nitrogen and oxygen atoms in total. The first-order chi connectivity index (χ1) is 7.25. The normalized spacial score (nSPS) is 10.2. The molecule has 0 aliphatic carbocycles. The number of nitrogens with two attached hydrogens (primary N) is 1. The number of rotatable bonds is 2. The molecule has 0 saturated heterocycles. The van der Waals surface area contributed by atoms with E-state index in [0.717, 1.165) is 17.7 Å². The van der Waals surface area contributed by atoms with Crippen molar-refractivity contribution in [2.45, 2.75) is 13.3 Å². The number of nitrogen functional groups attached to an aromatic ring is 1. The lowest BCUT2D eigenvalue weighted by Crippen LogP contribution is -2.02. The van der Waals surface area contributed by atoms with E-state index in [2.05, 4.69) is 22.1 Å². The van der Waals surface area contributed by atoms with Gasteiger partial charge >= 0.3 is 0 Å². The van der Waals surface area contributed by atoms with Gasteiger partial charge in [0.25, 0.3) is 0 Å². The third kappa shape index (κ3) is 2.31. The van der Waals surface area contributed by atoms with Crippen LogP contribution in [0, 0.1) is 6.92 Å². The quantitative estimate of drug-likeness (QED) is 0.804. The van der Waals surface area contributed by atoms with E-state index in [4.69, 9.17) is 5.73 Å². The van der Waals surface area contributed by atoms with E-state index in [1.807, 2.05) is 25.1 Å². The molecule has 1 aromatic carbocycles. The minimum absolute atomic E-state index is 0.339. The third-order valence-electron chi connectivity index (χ3n) is 2.31. The van der Waals surface area contributed by atoms with Gasteiger partial charge in [-0.1, -0.05) is 30.3 Å². The summed E-state index contributed by atoms with van der Waals surface area (Å²) in [6.07, 6.45) is 2.57. The summed E-state index contributed by atoms with van der Waals surface area (Å²) in [5.74, 6) is 0.339. The van der Waals surface area contributed by atoms with Gasteiger partial charge in [0.15, 0.2) is 0 Å². The van der Waals surface area contributed by atoms with Crippen molar-refractivity contribution in [2.24, 2.45) is 0 Å². The van der Waals surface area contributed by atoms with Gasteiger partial charge in [0.2, 0.25) is 5.95 Å². The molecule has 0 unspecified atom stereocenters.